The summed E-state index contributed by atoms with van der Waals surface area (Å²) in [7, 11) is -3.86. The molecular weight excluding hydrogens is 725 g/mol. The van der Waals surface area contributed by atoms with Gasteiger partial charge >= 0.3 is 6.03 Å². The number of hydrogen-bond acceptors (Lipinski definition) is 11. The molecule has 16 nitrogen and oxygen atoms in total. The predicted octanol–water partition coefficient (Wildman–Crippen LogP) is 2.68. The number of aliphatic hydroxyl groups excluding tert-OH is 2. The number of nitrogens with one attached hydrogen (secondary N) is 4. The second-order valence-electron chi connectivity index (χ2n) is 13.9. The fourth-order valence-corrected chi connectivity index (χ4v) is 7.80. The predicted molar refractivity (Wildman–Crippen MR) is 207 cm³/mol. The Hall–Kier alpha value is -5.62. The summed E-state index contributed by atoms with van der Waals surface area (Å²) in [6, 6.07) is 23.9. The zero-order chi connectivity index (χ0) is 38.7. The number of urea groups is 1. The normalized spacial score (nSPS) is 21.2. The van der Waals surface area contributed by atoms with E-state index in [0.29, 0.717) is 54.7 Å². The molecular formula is C38H44N10O6S. The SMILES string of the molecule is CCC(=O)N[C@H]1C[C@@H](n2cnc3c(NCC(c4ccccc4)c4ccccc4)nc(N4CCC(NC(=O)Nc5ccc(S(N)(=O)=O)cc5)C4)nc32)[C@H](O)[C@@H]1O. The minimum atomic E-state index is -3.86. The average molecular weight is 769 g/mol. The Bertz CT molecular complexity index is 2200. The van der Waals surface area contributed by atoms with E-state index in [1.54, 1.807) is 17.8 Å². The third-order valence-corrected chi connectivity index (χ3v) is 11.1. The zero-order valence-electron chi connectivity index (χ0n) is 30.1. The van der Waals surface area contributed by atoms with Gasteiger partial charge in [0.15, 0.2) is 17.0 Å². The average Bonchev–Trinajstić information content (AvgIpc) is 3.90. The Balaban J connectivity index is 1.15. The van der Waals surface area contributed by atoms with E-state index >= 15 is 0 Å². The lowest BCUT2D eigenvalue weighted by Crippen LogP contribution is -2.42. The van der Waals surface area contributed by atoms with Crippen LogP contribution in [-0.4, -0.2) is 94.0 Å². The molecule has 5 atom stereocenters. The number of benzene rings is 3. The van der Waals surface area contributed by atoms with Gasteiger partial charge < -0.3 is 40.9 Å². The van der Waals surface area contributed by atoms with Gasteiger partial charge in [-0.15, -0.1) is 0 Å². The lowest BCUT2D eigenvalue weighted by Gasteiger charge is -2.22. The number of imidazole rings is 1. The molecule has 1 saturated heterocycles. The van der Waals surface area contributed by atoms with Crippen molar-refractivity contribution in [3.8, 4) is 0 Å². The largest absolute Gasteiger partial charge is 0.388 e. The Morgan fingerprint density at radius 3 is 2.24 bits per heavy atom. The first-order valence-electron chi connectivity index (χ1n) is 18.2. The van der Waals surface area contributed by atoms with Crippen LogP contribution in [0.5, 0.6) is 0 Å². The number of aromatic nitrogens is 4. The number of hydrogen-bond donors (Lipinski definition) is 7. The van der Waals surface area contributed by atoms with Crippen LogP contribution in [0.15, 0.2) is 96.2 Å². The van der Waals surface area contributed by atoms with E-state index in [9.17, 15) is 28.2 Å². The topological polar surface area (TPSA) is 230 Å². The van der Waals surface area contributed by atoms with Crippen molar-refractivity contribution >= 4 is 50.6 Å². The first-order valence-corrected chi connectivity index (χ1v) is 19.7. The Morgan fingerprint density at radius 1 is 0.927 bits per heavy atom. The highest BCUT2D eigenvalue weighted by Gasteiger charge is 2.44. The van der Waals surface area contributed by atoms with Crippen molar-refractivity contribution in [3.05, 3.63) is 102 Å². The molecule has 2 aromatic heterocycles. The molecule has 7 rings (SSSR count). The minimum absolute atomic E-state index is 0.0255. The second kappa shape index (κ2) is 16.0. The van der Waals surface area contributed by atoms with Crippen LogP contribution in [0, 0.1) is 0 Å². The summed E-state index contributed by atoms with van der Waals surface area (Å²) in [6.45, 7) is 3.12. The maximum absolute atomic E-state index is 12.9. The maximum Gasteiger partial charge on any atom is 0.319 e. The number of rotatable bonds is 12. The van der Waals surface area contributed by atoms with Gasteiger partial charge in [-0.3, -0.25) is 4.79 Å². The van der Waals surface area contributed by atoms with Crippen LogP contribution in [0.4, 0.5) is 22.2 Å². The lowest BCUT2D eigenvalue weighted by atomic mass is 9.91. The fraction of sp³-hybridized carbons (Fsp3) is 0.342. The number of amides is 3. The number of nitrogens with zero attached hydrogens (tertiary/aromatic N) is 5. The number of carbonyl (C=O) groups is 2. The van der Waals surface area contributed by atoms with Crippen LogP contribution in [0.1, 0.15) is 49.3 Å². The van der Waals surface area contributed by atoms with Gasteiger partial charge in [0.25, 0.3) is 0 Å². The molecule has 3 heterocycles. The first kappa shape index (κ1) is 37.7. The number of fused-ring (bicyclic) bond motifs is 1. The summed E-state index contributed by atoms with van der Waals surface area (Å²) in [6.07, 6.45) is 0.318. The van der Waals surface area contributed by atoms with Crippen molar-refractivity contribution in [2.45, 2.75) is 67.3 Å². The summed E-state index contributed by atoms with van der Waals surface area (Å²) < 4.78 is 24.9. The molecule has 288 valence electrons. The van der Waals surface area contributed by atoms with Gasteiger partial charge in [-0.25, -0.2) is 23.3 Å². The van der Waals surface area contributed by atoms with Gasteiger partial charge in [-0.05, 0) is 48.2 Å². The van der Waals surface area contributed by atoms with Crippen LogP contribution in [-0.2, 0) is 14.8 Å². The monoisotopic (exact) mass is 768 g/mol. The van der Waals surface area contributed by atoms with Crippen LogP contribution in [0.25, 0.3) is 11.2 Å². The molecule has 0 bridgehead atoms. The van der Waals surface area contributed by atoms with E-state index in [1.165, 1.54) is 24.3 Å². The summed E-state index contributed by atoms with van der Waals surface area (Å²) >= 11 is 0. The van der Waals surface area contributed by atoms with Crippen molar-refractivity contribution < 1.29 is 28.2 Å². The van der Waals surface area contributed by atoms with Crippen LogP contribution in [0.2, 0.25) is 0 Å². The van der Waals surface area contributed by atoms with Crippen LogP contribution >= 0.6 is 0 Å². The lowest BCUT2D eigenvalue weighted by molar-refractivity contribution is -0.122. The maximum atomic E-state index is 12.9. The highest BCUT2D eigenvalue weighted by molar-refractivity contribution is 7.89. The summed E-state index contributed by atoms with van der Waals surface area (Å²) in [5.74, 6) is 0.625. The number of nitrogens with two attached hydrogens (primary N) is 1. The summed E-state index contributed by atoms with van der Waals surface area (Å²) in [5, 5.41) is 39.3. The van der Waals surface area contributed by atoms with Crippen molar-refractivity contribution in [2.24, 2.45) is 5.14 Å². The third-order valence-electron chi connectivity index (χ3n) is 10.2. The highest BCUT2D eigenvalue weighted by atomic mass is 32.2. The van der Waals surface area contributed by atoms with Gasteiger partial charge in [0, 0.05) is 43.7 Å². The molecule has 0 spiro atoms. The van der Waals surface area contributed by atoms with Crippen molar-refractivity contribution in [1.29, 1.82) is 0 Å². The van der Waals surface area contributed by atoms with E-state index in [1.807, 2.05) is 41.3 Å². The van der Waals surface area contributed by atoms with Crippen molar-refractivity contribution in [3.63, 3.8) is 0 Å². The molecule has 3 amide bonds. The standard InChI is InChI=1S/C38H44N10O6S/c1-2-31(49)44-29-19-30(34(51)33(29)50)48-22-41-32-35(40-20-28(23-9-5-3-6-10-23)24-11-7-4-8-12-24)45-37(46-36(32)48)47-18-17-26(21-47)43-38(52)42-25-13-15-27(16-14-25)55(39,53)54/h3-16,22,26,28-30,33-34,50-51H,2,17-21H2,1H3,(H,44,49)(H2,39,53,54)(H,40,45,46)(H2,42,43,52)/t26?,29-,30+,33+,34-/m0/s1. The highest BCUT2D eigenvalue weighted by Crippen LogP contribution is 2.35. The second-order valence-corrected chi connectivity index (χ2v) is 15.4. The number of primary sulfonamides is 1. The van der Waals surface area contributed by atoms with Gasteiger partial charge in [-0.2, -0.15) is 9.97 Å². The van der Waals surface area contributed by atoms with E-state index in [4.69, 9.17) is 20.1 Å². The molecule has 1 unspecified atom stereocenters. The minimum Gasteiger partial charge on any atom is -0.388 e. The van der Waals surface area contributed by atoms with E-state index in [0.717, 1.165) is 11.1 Å². The fourth-order valence-electron chi connectivity index (χ4n) is 7.29. The van der Waals surface area contributed by atoms with Crippen molar-refractivity contribution in [1.82, 2.24) is 30.2 Å². The molecule has 3 aromatic carbocycles. The van der Waals surface area contributed by atoms with Gasteiger partial charge in [0.1, 0.15) is 12.2 Å². The van der Waals surface area contributed by atoms with Gasteiger partial charge in [0.05, 0.1) is 23.3 Å². The number of sulfonamides is 1. The first-order chi connectivity index (χ1) is 26.5. The number of carbonyl (C=O) groups excluding carboxylic acids is 2. The van der Waals surface area contributed by atoms with Gasteiger partial charge in [-0.1, -0.05) is 67.6 Å². The zero-order valence-corrected chi connectivity index (χ0v) is 30.9. The Labute approximate surface area is 318 Å². The Morgan fingerprint density at radius 2 is 1.60 bits per heavy atom. The molecule has 1 aliphatic carbocycles. The third kappa shape index (κ3) is 8.39. The molecule has 8 N–H and O–H groups in total. The summed E-state index contributed by atoms with van der Waals surface area (Å²) in [4.78, 5) is 41.6. The molecule has 1 saturated carbocycles. The molecule has 2 aliphatic rings. The molecule has 2 fully saturated rings. The van der Waals surface area contributed by atoms with Gasteiger partial charge in [0.2, 0.25) is 21.9 Å². The molecule has 1 aliphatic heterocycles. The molecule has 55 heavy (non-hydrogen) atoms. The quantitative estimate of drug-likeness (QED) is 0.0976. The molecule has 5 aromatic rings. The molecule has 17 heteroatoms. The van der Waals surface area contributed by atoms with E-state index in [2.05, 4.69) is 45.5 Å². The number of anilines is 3. The molecule has 0 radical (unpaired) electrons. The van der Waals surface area contributed by atoms with E-state index < -0.39 is 40.3 Å². The van der Waals surface area contributed by atoms with Crippen LogP contribution in [0.3, 0.4) is 0 Å². The van der Waals surface area contributed by atoms with Crippen LogP contribution < -0.4 is 31.3 Å². The van der Waals surface area contributed by atoms with E-state index in [-0.39, 0.29) is 35.6 Å². The summed E-state index contributed by atoms with van der Waals surface area (Å²) in [5.41, 5.74) is 3.56. The number of aliphatic hydroxyl groups is 2. The smallest absolute Gasteiger partial charge is 0.319 e. The Kier molecular flexibility index (Phi) is 11.0. The van der Waals surface area contributed by atoms with Crippen molar-refractivity contribution in [2.75, 3.05) is 35.2 Å².